The topological polar surface area (TPSA) is 67.9 Å². The maximum atomic E-state index is 5.80. The molecule has 0 saturated heterocycles. The van der Waals surface area contributed by atoms with Crippen LogP contribution in [0.2, 0.25) is 0 Å². The molecule has 0 unspecified atom stereocenters. The van der Waals surface area contributed by atoms with Gasteiger partial charge in [0.15, 0.2) is 0 Å². The van der Waals surface area contributed by atoms with E-state index in [-0.39, 0.29) is 0 Å². The quantitative estimate of drug-likeness (QED) is 0.878. The molecule has 0 bridgehead atoms. The lowest BCUT2D eigenvalue weighted by molar-refractivity contribution is 0.405. The van der Waals surface area contributed by atoms with Crippen molar-refractivity contribution in [3.8, 4) is 0 Å². The highest BCUT2D eigenvalue weighted by Gasteiger charge is 2.19. The van der Waals surface area contributed by atoms with Gasteiger partial charge in [-0.25, -0.2) is 4.98 Å². The zero-order chi connectivity index (χ0) is 13.0. The third kappa shape index (κ3) is 3.63. The molecule has 1 aliphatic rings. The Kier molecular flexibility index (Phi) is 4.47. The Balaban J connectivity index is 2.09. The van der Waals surface area contributed by atoms with Crippen LogP contribution in [0, 0.1) is 0 Å². The molecule has 0 spiro atoms. The molecule has 1 aromatic heterocycles. The summed E-state index contributed by atoms with van der Waals surface area (Å²) in [5.74, 6) is 2.61. The summed E-state index contributed by atoms with van der Waals surface area (Å²) in [5.41, 5.74) is 5.80. The Morgan fingerprint density at radius 3 is 2.50 bits per heavy atom. The van der Waals surface area contributed by atoms with Gasteiger partial charge in [-0.2, -0.15) is 9.97 Å². The summed E-state index contributed by atoms with van der Waals surface area (Å²) in [4.78, 5) is 15.3. The van der Waals surface area contributed by atoms with E-state index in [1.54, 1.807) is 0 Å². The highest BCUT2D eigenvalue weighted by molar-refractivity contribution is 5.18. The first-order valence-corrected chi connectivity index (χ1v) is 6.80. The van der Waals surface area contributed by atoms with Gasteiger partial charge in [0.25, 0.3) is 0 Å². The zero-order valence-electron chi connectivity index (χ0n) is 11.4. The molecule has 18 heavy (non-hydrogen) atoms. The summed E-state index contributed by atoms with van der Waals surface area (Å²) in [6.45, 7) is 0.938. The second-order valence-electron chi connectivity index (χ2n) is 5.36. The second kappa shape index (κ2) is 6.09. The minimum Gasteiger partial charge on any atom is -0.368 e. The average Bonchev–Trinajstić information content (AvgIpc) is 2.37. The smallest absolute Gasteiger partial charge is 0.223 e. The Morgan fingerprint density at radius 2 is 1.83 bits per heavy atom. The van der Waals surface area contributed by atoms with Crippen molar-refractivity contribution in [2.75, 3.05) is 26.4 Å². The predicted octanol–water partition coefficient (Wildman–Crippen LogP) is 1.61. The van der Waals surface area contributed by atoms with Gasteiger partial charge in [0, 0.05) is 18.9 Å². The van der Waals surface area contributed by atoms with E-state index in [0.717, 1.165) is 24.6 Å². The second-order valence-corrected chi connectivity index (χ2v) is 5.36. The minimum absolute atomic E-state index is 0.374. The molecule has 1 fully saturated rings. The first-order valence-electron chi connectivity index (χ1n) is 6.80. The Morgan fingerprint density at radius 1 is 1.11 bits per heavy atom. The van der Waals surface area contributed by atoms with E-state index in [2.05, 4.69) is 19.9 Å². The predicted molar refractivity (Wildman–Crippen MR) is 72.3 cm³/mol. The molecule has 2 N–H and O–H groups in total. The summed E-state index contributed by atoms with van der Waals surface area (Å²) in [5, 5.41) is 0. The molecule has 1 saturated carbocycles. The van der Waals surface area contributed by atoms with Crippen molar-refractivity contribution in [1.82, 2.24) is 19.9 Å². The number of anilines is 1. The van der Waals surface area contributed by atoms with E-state index >= 15 is 0 Å². The molecular formula is C13H23N5. The van der Waals surface area contributed by atoms with Crippen molar-refractivity contribution in [1.29, 1.82) is 0 Å². The number of rotatable bonds is 4. The maximum Gasteiger partial charge on any atom is 0.223 e. The number of nitrogen functional groups attached to an aromatic ring is 1. The normalized spacial score (nSPS) is 17.3. The van der Waals surface area contributed by atoms with E-state index in [9.17, 15) is 0 Å². The lowest BCUT2D eigenvalue weighted by Gasteiger charge is -2.20. The van der Waals surface area contributed by atoms with Crippen LogP contribution in [-0.2, 0) is 6.42 Å². The molecule has 0 atom stereocenters. The van der Waals surface area contributed by atoms with Gasteiger partial charge in [-0.1, -0.05) is 19.3 Å². The van der Waals surface area contributed by atoms with E-state index < -0.39 is 0 Å². The number of likely N-dealkylation sites (N-methyl/N-ethyl adjacent to an activating group) is 1. The van der Waals surface area contributed by atoms with E-state index in [0.29, 0.717) is 11.9 Å². The van der Waals surface area contributed by atoms with Crippen LogP contribution in [0.5, 0.6) is 0 Å². The standard InChI is InChI=1S/C13H23N5/c1-18(2)9-8-11-15-12(17-13(14)16-11)10-6-4-3-5-7-10/h10H,3-9H2,1-2H3,(H2,14,15,16,17). The van der Waals surface area contributed by atoms with Crippen molar-refractivity contribution >= 4 is 5.95 Å². The SMILES string of the molecule is CN(C)CCc1nc(N)nc(C2CCCCC2)n1. The van der Waals surface area contributed by atoms with Gasteiger partial charge >= 0.3 is 0 Å². The summed E-state index contributed by atoms with van der Waals surface area (Å²) in [7, 11) is 4.10. The molecule has 0 radical (unpaired) electrons. The van der Waals surface area contributed by atoms with Gasteiger partial charge in [0.2, 0.25) is 5.95 Å². The summed E-state index contributed by atoms with van der Waals surface area (Å²) in [6.07, 6.45) is 7.11. The van der Waals surface area contributed by atoms with E-state index in [1.165, 1.54) is 32.1 Å². The number of hydrogen-bond donors (Lipinski definition) is 1. The fourth-order valence-corrected chi connectivity index (χ4v) is 2.44. The Labute approximate surface area is 109 Å². The highest BCUT2D eigenvalue weighted by Crippen LogP contribution is 2.30. The fraction of sp³-hybridized carbons (Fsp3) is 0.769. The molecular weight excluding hydrogens is 226 g/mol. The van der Waals surface area contributed by atoms with E-state index in [1.807, 2.05) is 14.1 Å². The van der Waals surface area contributed by atoms with Gasteiger partial charge in [-0.3, -0.25) is 0 Å². The van der Waals surface area contributed by atoms with Gasteiger partial charge in [0.1, 0.15) is 11.6 Å². The van der Waals surface area contributed by atoms with Crippen molar-refractivity contribution < 1.29 is 0 Å². The number of nitrogens with zero attached hydrogens (tertiary/aromatic N) is 4. The summed E-state index contributed by atoms with van der Waals surface area (Å²) in [6, 6.07) is 0. The van der Waals surface area contributed by atoms with Crippen LogP contribution in [-0.4, -0.2) is 40.5 Å². The largest absolute Gasteiger partial charge is 0.368 e. The first-order chi connectivity index (χ1) is 8.65. The van der Waals surface area contributed by atoms with Crippen LogP contribution in [0.1, 0.15) is 49.7 Å². The van der Waals surface area contributed by atoms with Crippen LogP contribution < -0.4 is 5.73 Å². The molecule has 2 rings (SSSR count). The molecule has 5 nitrogen and oxygen atoms in total. The van der Waals surface area contributed by atoms with Crippen molar-refractivity contribution in [2.45, 2.75) is 44.4 Å². The maximum absolute atomic E-state index is 5.80. The third-order valence-corrected chi connectivity index (χ3v) is 3.47. The molecule has 100 valence electrons. The average molecular weight is 249 g/mol. The van der Waals surface area contributed by atoms with Gasteiger partial charge in [-0.15, -0.1) is 0 Å². The lowest BCUT2D eigenvalue weighted by atomic mass is 9.89. The van der Waals surface area contributed by atoms with Crippen LogP contribution >= 0.6 is 0 Å². The van der Waals surface area contributed by atoms with Crippen LogP contribution in [0.3, 0.4) is 0 Å². The monoisotopic (exact) mass is 249 g/mol. The molecule has 0 amide bonds. The Hall–Kier alpha value is -1.23. The molecule has 0 aliphatic heterocycles. The van der Waals surface area contributed by atoms with Gasteiger partial charge < -0.3 is 10.6 Å². The molecule has 1 heterocycles. The van der Waals surface area contributed by atoms with Crippen LogP contribution in [0.25, 0.3) is 0 Å². The summed E-state index contributed by atoms with van der Waals surface area (Å²) < 4.78 is 0. The van der Waals surface area contributed by atoms with E-state index in [4.69, 9.17) is 5.73 Å². The third-order valence-electron chi connectivity index (χ3n) is 3.47. The van der Waals surface area contributed by atoms with Crippen molar-refractivity contribution in [3.05, 3.63) is 11.6 Å². The molecule has 5 heteroatoms. The van der Waals surface area contributed by atoms with Gasteiger partial charge in [-0.05, 0) is 26.9 Å². The minimum atomic E-state index is 0.374. The number of nitrogens with two attached hydrogens (primary N) is 1. The van der Waals surface area contributed by atoms with Gasteiger partial charge in [0.05, 0.1) is 0 Å². The molecule has 1 aliphatic carbocycles. The summed E-state index contributed by atoms with van der Waals surface area (Å²) >= 11 is 0. The zero-order valence-corrected chi connectivity index (χ0v) is 11.4. The van der Waals surface area contributed by atoms with Crippen molar-refractivity contribution in [3.63, 3.8) is 0 Å². The molecule has 0 aromatic carbocycles. The van der Waals surface area contributed by atoms with Crippen LogP contribution in [0.4, 0.5) is 5.95 Å². The molecule has 1 aromatic rings. The Bertz CT molecular complexity index is 385. The first kappa shape index (κ1) is 13.2. The lowest BCUT2D eigenvalue weighted by Crippen LogP contribution is -2.19. The van der Waals surface area contributed by atoms with Crippen LogP contribution in [0.15, 0.2) is 0 Å². The number of hydrogen-bond acceptors (Lipinski definition) is 5. The van der Waals surface area contributed by atoms with Crippen molar-refractivity contribution in [2.24, 2.45) is 0 Å². The highest BCUT2D eigenvalue weighted by atomic mass is 15.1. The number of aromatic nitrogens is 3. The fourth-order valence-electron chi connectivity index (χ4n) is 2.44.